The molecule has 0 unspecified atom stereocenters. The fraction of sp³-hybridized carbons (Fsp3) is 0.500. The number of alkyl halides is 2. The van der Waals surface area contributed by atoms with E-state index in [4.69, 9.17) is 0 Å². The van der Waals surface area contributed by atoms with Gasteiger partial charge in [-0.3, -0.25) is 0 Å². The third kappa shape index (κ3) is 5.49. The normalized spacial score (nSPS) is 15.2. The standard InChI is InChI=1S/C14H18BrF2N3O/c1-2-18-14(20-11-4-5-11)19-8-9-7-10(15)3-6-12(9)21-13(16)17/h3,6-7,11,13H,2,4-5,8H2,1H3,(H2,18,19,20). The summed E-state index contributed by atoms with van der Waals surface area (Å²) >= 11 is 3.33. The lowest BCUT2D eigenvalue weighted by molar-refractivity contribution is -0.0504. The molecule has 1 aliphatic carbocycles. The van der Waals surface area contributed by atoms with Crippen LogP contribution in [0.3, 0.4) is 0 Å². The fourth-order valence-corrected chi connectivity index (χ4v) is 2.20. The molecule has 1 aliphatic rings. The molecule has 0 bridgehead atoms. The number of benzene rings is 1. The third-order valence-corrected chi connectivity index (χ3v) is 3.40. The van der Waals surface area contributed by atoms with Gasteiger partial charge in [0.25, 0.3) is 0 Å². The summed E-state index contributed by atoms with van der Waals surface area (Å²) in [7, 11) is 0. The van der Waals surface area contributed by atoms with E-state index in [-0.39, 0.29) is 12.3 Å². The van der Waals surface area contributed by atoms with Crippen molar-refractivity contribution >= 4 is 21.9 Å². The van der Waals surface area contributed by atoms with Crippen LogP contribution in [0.4, 0.5) is 8.78 Å². The first-order chi connectivity index (χ1) is 10.1. The summed E-state index contributed by atoms with van der Waals surface area (Å²) in [5.74, 6) is 0.849. The quantitative estimate of drug-likeness (QED) is 0.603. The number of nitrogens with zero attached hydrogens (tertiary/aromatic N) is 1. The van der Waals surface area contributed by atoms with Gasteiger partial charge in [0.05, 0.1) is 6.54 Å². The number of ether oxygens (including phenoxy) is 1. The van der Waals surface area contributed by atoms with Gasteiger partial charge in [0.15, 0.2) is 5.96 Å². The number of halogens is 3. The maximum atomic E-state index is 12.4. The van der Waals surface area contributed by atoms with Gasteiger partial charge in [0.1, 0.15) is 5.75 Å². The maximum Gasteiger partial charge on any atom is 0.387 e. The second-order valence-corrected chi connectivity index (χ2v) is 5.66. The van der Waals surface area contributed by atoms with Crippen LogP contribution in [0.1, 0.15) is 25.3 Å². The topological polar surface area (TPSA) is 45.7 Å². The van der Waals surface area contributed by atoms with Crippen LogP contribution in [0.15, 0.2) is 27.7 Å². The number of hydrogen-bond acceptors (Lipinski definition) is 2. The first kappa shape index (κ1) is 16.0. The molecular formula is C14H18BrF2N3O. The zero-order chi connectivity index (χ0) is 15.2. The average molecular weight is 362 g/mol. The lowest BCUT2D eigenvalue weighted by Crippen LogP contribution is -2.38. The van der Waals surface area contributed by atoms with Crippen LogP contribution in [-0.2, 0) is 6.54 Å². The van der Waals surface area contributed by atoms with Crippen LogP contribution in [0.2, 0.25) is 0 Å². The summed E-state index contributed by atoms with van der Waals surface area (Å²) in [6.45, 7) is 0.155. The van der Waals surface area contributed by atoms with Gasteiger partial charge < -0.3 is 15.4 Å². The van der Waals surface area contributed by atoms with E-state index in [1.54, 1.807) is 12.1 Å². The molecule has 0 amide bonds. The van der Waals surface area contributed by atoms with Crippen molar-refractivity contribution in [3.05, 3.63) is 28.2 Å². The van der Waals surface area contributed by atoms with E-state index >= 15 is 0 Å². The van der Waals surface area contributed by atoms with Gasteiger partial charge in [-0.1, -0.05) is 15.9 Å². The van der Waals surface area contributed by atoms with Crippen molar-refractivity contribution in [2.75, 3.05) is 6.54 Å². The highest BCUT2D eigenvalue weighted by Gasteiger charge is 2.22. The van der Waals surface area contributed by atoms with Gasteiger partial charge >= 0.3 is 6.61 Å². The van der Waals surface area contributed by atoms with Gasteiger partial charge in [0, 0.05) is 22.6 Å². The van der Waals surface area contributed by atoms with Gasteiger partial charge in [-0.15, -0.1) is 0 Å². The molecule has 1 aromatic rings. The molecule has 0 radical (unpaired) electrons. The van der Waals surface area contributed by atoms with Crippen LogP contribution in [-0.4, -0.2) is 25.2 Å². The molecule has 0 spiro atoms. The van der Waals surface area contributed by atoms with Crippen molar-refractivity contribution in [3.63, 3.8) is 0 Å². The molecule has 1 saturated carbocycles. The number of aliphatic imine (C=N–C) groups is 1. The highest BCUT2D eigenvalue weighted by atomic mass is 79.9. The maximum absolute atomic E-state index is 12.4. The van der Waals surface area contributed by atoms with E-state index < -0.39 is 6.61 Å². The third-order valence-electron chi connectivity index (χ3n) is 2.91. The van der Waals surface area contributed by atoms with Crippen molar-refractivity contribution in [1.29, 1.82) is 0 Å². The molecule has 116 valence electrons. The molecule has 2 N–H and O–H groups in total. The van der Waals surface area contributed by atoms with Crippen LogP contribution < -0.4 is 15.4 Å². The smallest absolute Gasteiger partial charge is 0.387 e. The monoisotopic (exact) mass is 361 g/mol. The Morgan fingerprint density at radius 1 is 1.48 bits per heavy atom. The summed E-state index contributed by atoms with van der Waals surface area (Å²) in [6, 6.07) is 5.39. The second-order valence-electron chi connectivity index (χ2n) is 4.74. The van der Waals surface area contributed by atoms with E-state index in [0.717, 1.165) is 23.9 Å². The van der Waals surface area contributed by atoms with E-state index in [1.165, 1.54) is 6.07 Å². The van der Waals surface area contributed by atoms with Crippen molar-refractivity contribution < 1.29 is 13.5 Å². The SMILES string of the molecule is CCNC(=NCc1cc(Br)ccc1OC(F)F)NC1CC1. The predicted molar refractivity (Wildman–Crippen MR) is 81.7 cm³/mol. The van der Waals surface area contributed by atoms with E-state index in [0.29, 0.717) is 17.6 Å². The fourth-order valence-electron chi connectivity index (χ4n) is 1.79. The molecule has 0 aliphatic heterocycles. The molecule has 2 rings (SSSR count). The summed E-state index contributed by atoms with van der Waals surface area (Å²) in [6.07, 6.45) is 2.28. The van der Waals surface area contributed by atoms with Crippen LogP contribution >= 0.6 is 15.9 Å². The van der Waals surface area contributed by atoms with Crippen LogP contribution in [0.25, 0.3) is 0 Å². The van der Waals surface area contributed by atoms with Gasteiger partial charge in [-0.25, -0.2) is 4.99 Å². The zero-order valence-electron chi connectivity index (χ0n) is 11.7. The molecule has 0 saturated heterocycles. The van der Waals surface area contributed by atoms with Gasteiger partial charge in [0.2, 0.25) is 0 Å². The second kappa shape index (κ2) is 7.59. The Morgan fingerprint density at radius 2 is 2.24 bits per heavy atom. The molecule has 21 heavy (non-hydrogen) atoms. The first-order valence-corrected chi connectivity index (χ1v) is 7.66. The minimum atomic E-state index is -2.84. The molecule has 0 aromatic heterocycles. The minimum absolute atomic E-state index is 0.152. The van der Waals surface area contributed by atoms with E-state index in [1.807, 2.05) is 6.92 Å². The Kier molecular flexibility index (Phi) is 5.78. The Morgan fingerprint density at radius 3 is 2.86 bits per heavy atom. The van der Waals surface area contributed by atoms with E-state index in [2.05, 4.69) is 36.3 Å². The Labute approximate surface area is 131 Å². The number of hydrogen-bond donors (Lipinski definition) is 2. The molecule has 4 nitrogen and oxygen atoms in total. The summed E-state index contributed by atoms with van der Waals surface area (Å²) < 4.78 is 30.1. The van der Waals surface area contributed by atoms with E-state index in [9.17, 15) is 8.78 Å². The van der Waals surface area contributed by atoms with Gasteiger partial charge in [-0.05, 0) is 38.0 Å². The van der Waals surface area contributed by atoms with Crippen LogP contribution in [0.5, 0.6) is 5.75 Å². The lowest BCUT2D eigenvalue weighted by atomic mass is 10.2. The van der Waals surface area contributed by atoms with Gasteiger partial charge in [-0.2, -0.15) is 8.78 Å². The largest absolute Gasteiger partial charge is 0.434 e. The first-order valence-electron chi connectivity index (χ1n) is 6.86. The van der Waals surface area contributed by atoms with Crippen molar-refractivity contribution in [2.45, 2.75) is 39.0 Å². The molecule has 0 atom stereocenters. The highest BCUT2D eigenvalue weighted by Crippen LogP contribution is 2.25. The Bertz CT molecular complexity index is 507. The Balaban J connectivity index is 2.09. The summed E-state index contributed by atoms with van der Waals surface area (Å²) in [4.78, 5) is 4.42. The average Bonchev–Trinajstić information content (AvgIpc) is 3.22. The molecule has 0 heterocycles. The minimum Gasteiger partial charge on any atom is -0.434 e. The predicted octanol–water partition coefficient (Wildman–Crippen LogP) is 3.27. The summed E-state index contributed by atoms with van der Waals surface area (Å²) in [5, 5.41) is 6.41. The number of rotatable bonds is 6. The van der Waals surface area contributed by atoms with Crippen molar-refractivity contribution in [1.82, 2.24) is 10.6 Å². The number of guanidine groups is 1. The zero-order valence-corrected chi connectivity index (χ0v) is 13.3. The lowest BCUT2D eigenvalue weighted by Gasteiger charge is -2.12. The molecule has 1 aromatic carbocycles. The van der Waals surface area contributed by atoms with Crippen molar-refractivity contribution in [2.24, 2.45) is 4.99 Å². The Hall–Kier alpha value is -1.37. The molecule has 7 heteroatoms. The van der Waals surface area contributed by atoms with Crippen LogP contribution in [0, 0.1) is 0 Å². The van der Waals surface area contributed by atoms with Crippen molar-refractivity contribution in [3.8, 4) is 5.75 Å². The molecular weight excluding hydrogens is 344 g/mol. The summed E-state index contributed by atoms with van der Waals surface area (Å²) in [5.41, 5.74) is 0.609. The molecule has 1 fully saturated rings. The number of nitrogens with one attached hydrogen (secondary N) is 2. The highest BCUT2D eigenvalue weighted by molar-refractivity contribution is 9.10.